The van der Waals surface area contributed by atoms with Gasteiger partial charge in [-0.25, -0.2) is 4.39 Å². The van der Waals surface area contributed by atoms with Crippen molar-refractivity contribution < 1.29 is 4.39 Å². The van der Waals surface area contributed by atoms with E-state index >= 15 is 0 Å². The Bertz CT molecular complexity index is 629. The van der Waals surface area contributed by atoms with E-state index in [0.717, 1.165) is 10.0 Å². The molecule has 0 aliphatic carbocycles. The molecule has 6 heteroatoms. The maximum Gasteiger partial charge on any atom is 0.191 e. The van der Waals surface area contributed by atoms with Crippen molar-refractivity contribution in [2.45, 2.75) is 0 Å². The van der Waals surface area contributed by atoms with Gasteiger partial charge in [-0.2, -0.15) is 5.10 Å². The van der Waals surface area contributed by atoms with Gasteiger partial charge < -0.3 is 5.32 Å². The van der Waals surface area contributed by atoms with Crippen LogP contribution in [0.3, 0.4) is 0 Å². The van der Waals surface area contributed by atoms with Crippen molar-refractivity contribution in [1.82, 2.24) is 5.43 Å². The van der Waals surface area contributed by atoms with Crippen LogP contribution in [0.1, 0.15) is 5.56 Å². The Morgan fingerprint density at radius 1 is 1.20 bits per heavy atom. The quantitative estimate of drug-likeness (QED) is 0.500. The predicted molar refractivity (Wildman–Crippen MR) is 87.5 cm³/mol. The Morgan fingerprint density at radius 3 is 2.65 bits per heavy atom. The average Bonchev–Trinajstić information content (AvgIpc) is 2.41. The molecule has 0 saturated heterocycles. The van der Waals surface area contributed by atoms with Crippen LogP contribution in [-0.4, -0.2) is 11.3 Å². The fraction of sp³-hybridized carbons (Fsp3) is 0. The Kier molecular flexibility index (Phi) is 5.20. The van der Waals surface area contributed by atoms with Crippen LogP contribution in [0.15, 0.2) is 58.1 Å². The summed E-state index contributed by atoms with van der Waals surface area (Å²) in [5, 5.41) is 7.26. The van der Waals surface area contributed by atoms with Crippen LogP contribution >= 0.6 is 28.1 Å². The number of nitrogens with zero attached hydrogens (tertiary/aromatic N) is 1. The fourth-order valence-corrected chi connectivity index (χ4v) is 2.03. The van der Waals surface area contributed by atoms with E-state index in [9.17, 15) is 4.39 Å². The minimum Gasteiger partial charge on any atom is -0.331 e. The van der Waals surface area contributed by atoms with E-state index in [2.05, 4.69) is 31.8 Å². The summed E-state index contributed by atoms with van der Waals surface area (Å²) >= 11 is 8.45. The van der Waals surface area contributed by atoms with Crippen LogP contribution < -0.4 is 10.7 Å². The third kappa shape index (κ3) is 4.71. The second-order valence-electron chi connectivity index (χ2n) is 3.89. The first-order valence-corrected chi connectivity index (χ1v) is 6.95. The van der Waals surface area contributed by atoms with Gasteiger partial charge in [0.1, 0.15) is 5.82 Å². The third-order valence-corrected chi connectivity index (χ3v) is 3.02. The van der Waals surface area contributed by atoms with E-state index in [1.54, 1.807) is 18.3 Å². The van der Waals surface area contributed by atoms with Crippen LogP contribution in [-0.2, 0) is 0 Å². The summed E-state index contributed by atoms with van der Waals surface area (Å²) < 4.78 is 13.7. The van der Waals surface area contributed by atoms with Gasteiger partial charge in [0, 0.05) is 10.2 Å². The van der Waals surface area contributed by atoms with E-state index in [0.29, 0.717) is 10.8 Å². The van der Waals surface area contributed by atoms with Crippen molar-refractivity contribution in [3.05, 3.63) is 64.4 Å². The Balaban J connectivity index is 1.87. The molecule has 0 heterocycles. The van der Waals surface area contributed by atoms with E-state index in [1.807, 2.05) is 24.3 Å². The van der Waals surface area contributed by atoms with E-state index in [4.69, 9.17) is 12.2 Å². The van der Waals surface area contributed by atoms with Gasteiger partial charge in [0.2, 0.25) is 0 Å². The molecule has 0 radical (unpaired) electrons. The Hall–Kier alpha value is -1.79. The summed E-state index contributed by atoms with van der Waals surface area (Å²) in [6, 6.07) is 13.6. The highest BCUT2D eigenvalue weighted by Crippen LogP contribution is 2.10. The summed E-state index contributed by atoms with van der Waals surface area (Å²) in [4.78, 5) is 0. The molecule has 20 heavy (non-hydrogen) atoms. The van der Waals surface area contributed by atoms with E-state index in [1.165, 1.54) is 12.1 Å². The first-order chi connectivity index (χ1) is 9.63. The highest BCUT2D eigenvalue weighted by Gasteiger charge is 1.96. The van der Waals surface area contributed by atoms with Gasteiger partial charge in [0.25, 0.3) is 0 Å². The van der Waals surface area contributed by atoms with Gasteiger partial charge in [-0.1, -0.05) is 28.1 Å². The maximum absolute atomic E-state index is 12.7. The van der Waals surface area contributed by atoms with Crippen molar-refractivity contribution >= 4 is 45.2 Å². The van der Waals surface area contributed by atoms with Gasteiger partial charge in [-0.05, 0) is 54.2 Å². The van der Waals surface area contributed by atoms with Gasteiger partial charge in [-0.3, -0.25) is 5.43 Å². The van der Waals surface area contributed by atoms with E-state index < -0.39 is 0 Å². The molecule has 3 nitrogen and oxygen atoms in total. The largest absolute Gasteiger partial charge is 0.331 e. The van der Waals surface area contributed by atoms with Crippen molar-refractivity contribution in [3.8, 4) is 0 Å². The molecule has 0 unspecified atom stereocenters. The lowest BCUT2D eigenvalue weighted by Gasteiger charge is -2.06. The molecule has 0 spiro atoms. The average molecular weight is 352 g/mol. The molecule has 0 aromatic heterocycles. The fourth-order valence-electron chi connectivity index (χ4n) is 1.44. The predicted octanol–water partition coefficient (Wildman–Crippen LogP) is 3.91. The first-order valence-electron chi connectivity index (χ1n) is 5.75. The van der Waals surface area contributed by atoms with Crippen LogP contribution in [0.2, 0.25) is 0 Å². The maximum atomic E-state index is 12.7. The smallest absolute Gasteiger partial charge is 0.191 e. The minimum absolute atomic E-state index is 0.290. The molecule has 0 aliphatic rings. The number of rotatable bonds is 3. The summed E-state index contributed by atoms with van der Waals surface area (Å²) in [6.45, 7) is 0. The third-order valence-electron chi connectivity index (χ3n) is 2.33. The number of hydrogen-bond acceptors (Lipinski definition) is 2. The van der Waals surface area contributed by atoms with Crippen LogP contribution in [0.4, 0.5) is 10.1 Å². The summed E-state index contributed by atoms with van der Waals surface area (Å²) in [6.07, 6.45) is 1.66. The SMILES string of the molecule is Fc1ccc(NC(=S)N/N=C/c2cccc(Br)c2)cc1. The molecule has 0 fully saturated rings. The summed E-state index contributed by atoms with van der Waals surface area (Å²) in [5.41, 5.74) is 4.33. The zero-order valence-corrected chi connectivity index (χ0v) is 12.7. The number of benzene rings is 2. The lowest BCUT2D eigenvalue weighted by molar-refractivity contribution is 0.628. The minimum atomic E-state index is -0.290. The molecule has 102 valence electrons. The second-order valence-corrected chi connectivity index (χ2v) is 5.21. The molecule has 0 saturated carbocycles. The lowest BCUT2D eigenvalue weighted by atomic mass is 10.2. The summed E-state index contributed by atoms with van der Waals surface area (Å²) in [5.74, 6) is -0.290. The monoisotopic (exact) mass is 351 g/mol. The molecular formula is C14H11BrFN3S. The molecule has 0 aliphatic heterocycles. The number of thiocarbonyl (C=S) groups is 1. The van der Waals surface area contributed by atoms with Crippen LogP contribution in [0.25, 0.3) is 0 Å². The summed E-state index contributed by atoms with van der Waals surface area (Å²) in [7, 11) is 0. The highest BCUT2D eigenvalue weighted by atomic mass is 79.9. The molecule has 0 bridgehead atoms. The topological polar surface area (TPSA) is 36.4 Å². The van der Waals surface area contributed by atoms with Gasteiger partial charge >= 0.3 is 0 Å². The number of nitrogens with one attached hydrogen (secondary N) is 2. The number of hydrogen-bond donors (Lipinski definition) is 2. The number of hydrazone groups is 1. The molecule has 0 amide bonds. The lowest BCUT2D eigenvalue weighted by Crippen LogP contribution is -2.23. The van der Waals surface area contributed by atoms with Gasteiger partial charge in [-0.15, -0.1) is 0 Å². The van der Waals surface area contributed by atoms with Gasteiger partial charge in [0.05, 0.1) is 6.21 Å². The molecule has 2 rings (SSSR count). The molecule has 2 aromatic rings. The number of halogens is 2. The number of anilines is 1. The highest BCUT2D eigenvalue weighted by molar-refractivity contribution is 9.10. The first kappa shape index (κ1) is 14.6. The second kappa shape index (κ2) is 7.12. The Morgan fingerprint density at radius 2 is 1.95 bits per heavy atom. The van der Waals surface area contributed by atoms with Crippen LogP contribution in [0.5, 0.6) is 0 Å². The molecule has 0 atom stereocenters. The van der Waals surface area contributed by atoms with Crippen molar-refractivity contribution in [2.24, 2.45) is 5.10 Å². The Labute approximate surface area is 130 Å². The molecular weight excluding hydrogens is 341 g/mol. The zero-order chi connectivity index (χ0) is 14.4. The standard InChI is InChI=1S/C14H11BrFN3S/c15-11-3-1-2-10(8-11)9-17-19-14(20)18-13-6-4-12(16)5-7-13/h1-9H,(H2,18,19,20)/b17-9+. The zero-order valence-electron chi connectivity index (χ0n) is 10.3. The van der Waals surface area contributed by atoms with Gasteiger partial charge in [0.15, 0.2) is 5.11 Å². The van der Waals surface area contributed by atoms with Crippen molar-refractivity contribution in [3.63, 3.8) is 0 Å². The molecule has 2 N–H and O–H groups in total. The van der Waals surface area contributed by atoms with Crippen LogP contribution in [0, 0.1) is 5.82 Å². The van der Waals surface area contributed by atoms with E-state index in [-0.39, 0.29) is 5.82 Å². The van der Waals surface area contributed by atoms with Crippen molar-refractivity contribution in [2.75, 3.05) is 5.32 Å². The van der Waals surface area contributed by atoms with Crippen molar-refractivity contribution in [1.29, 1.82) is 0 Å². The normalized spacial score (nSPS) is 10.5. The molecule has 2 aromatic carbocycles.